The van der Waals surface area contributed by atoms with Crippen LogP contribution < -0.4 is 5.32 Å². The molecule has 0 bridgehead atoms. The summed E-state index contributed by atoms with van der Waals surface area (Å²) < 4.78 is 6.60. The molecule has 0 aliphatic carbocycles. The summed E-state index contributed by atoms with van der Waals surface area (Å²) in [6.07, 6.45) is 1.44. The Morgan fingerprint density at radius 2 is 2.14 bits per heavy atom. The first-order chi connectivity index (χ1) is 10.6. The number of aromatic nitrogens is 4. The molecule has 1 amide bonds. The molecule has 0 aliphatic heterocycles. The van der Waals surface area contributed by atoms with Crippen LogP contribution >= 0.6 is 23.2 Å². The van der Waals surface area contributed by atoms with E-state index in [1.165, 1.54) is 11.0 Å². The molecule has 0 atom stereocenters. The van der Waals surface area contributed by atoms with Crippen LogP contribution in [0.4, 0.5) is 0 Å². The van der Waals surface area contributed by atoms with Gasteiger partial charge in [0.1, 0.15) is 12.1 Å². The highest BCUT2D eigenvalue weighted by Crippen LogP contribution is 2.20. The van der Waals surface area contributed by atoms with Gasteiger partial charge in [0.05, 0.1) is 22.8 Å². The Hall–Kier alpha value is -2.38. The number of furan rings is 1. The largest absolute Gasteiger partial charge is 0.448 e. The van der Waals surface area contributed by atoms with Crippen molar-refractivity contribution in [3.8, 4) is 5.69 Å². The summed E-state index contributed by atoms with van der Waals surface area (Å²) in [5.74, 6) is 0.237. The van der Waals surface area contributed by atoms with Crippen molar-refractivity contribution < 1.29 is 9.21 Å². The molecule has 0 unspecified atom stereocenters. The number of carbonyl (C=O) groups excluding carboxylic acids is 1. The van der Waals surface area contributed by atoms with Crippen LogP contribution in [0.25, 0.3) is 5.69 Å². The Morgan fingerprint density at radius 1 is 1.27 bits per heavy atom. The zero-order valence-electron chi connectivity index (χ0n) is 11.0. The van der Waals surface area contributed by atoms with E-state index in [2.05, 4.69) is 20.8 Å². The molecule has 0 saturated heterocycles. The summed E-state index contributed by atoms with van der Waals surface area (Å²) in [5.41, 5.74) is 1.00. The van der Waals surface area contributed by atoms with Gasteiger partial charge in [-0.05, 0) is 52.4 Å². The van der Waals surface area contributed by atoms with Gasteiger partial charge in [-0.25, -0.2) is 4.68 Å². The average molecular weight is 338 g/mol. The van der Waals surface area contributed by atoms with Crippen LogP contribution in [0.1, 0.15) is 16.1 Å². The van der Waals surface area contributed by atoms with Crippen molar-refractivity contribution in [1.29, 1.82) is 0 Å². The van der Waals surface area contributed by atoms with Crippen LogP contribution in [-0.2, 0) is 6.54 Å². The fourth-order valence-corrected chi connectivity index (χ4v) is 2.24. The Morgan fingerprint density at radius 3 is 2.77 bits per heavy atom. The highest BCUT2D eigenvalue weighted by Gasteiger charge is 2.12. The smallest absolute Gasteiger partial charge is 0.253 e. The molecule has 0 spiro atoms. The van der Waals surface area contributed by atoms with Crippen LogP contribution in [0.15, 0.2) is 41.1 Å². The molecule has 1 N–H and O–H groups in total. The van der Waals surface area contributed by atoms with Crippen molar-refractivity contribution in [2.45, 2.75) is 6.54 Å². The van der Waals surface area contributed by atoms with Crippen molar-refractivity contribution >= 4 is 29.1 Å². The predicted molar refractivity (Wildman–Crippen MR) is 79.1 cm³/mol. The highest BCUT2D eigenvalue weighted by molar-refractivity contribution is 6.34. The van der Waals surface area contributed by atoms with Crippen molar-refractivity contribution in [3.63, 3.8) is 0 Å². The molecule has 3 aromatic rings. The standard InChI is InChI=1S/C13H9Cl2N5O2/c14-11-5-8(20-7-17-18-19-20)1-3-10(11)13(21)16-6-9-2-4-12(15)22-9/h1-5,7H,6H2,(H,16,21). The molecule has 1 aromatic carbocycles. The van der Waals surface area contributed by atoms with E-state index < -0.39 is 0 Å². The van der Waals surface area contributed by atoms with Gasteiger partial charge in [0.15, 0.2) is 5.22 Å². The van der Waals surface area contributed by atoms with Crippen LogP contribution in [0.5, 0.6) is 0 Å². The second kappa shape index (κ2) is 6.17. The van der Waals surface area contributed by atoms with Crippen molar-refractivity contribution in [2.75, 3.05) is 0 Å². The zero-order valence-corrected chi connectivity index (χ0v) is 12.5. The second-order valence-electron chi connectivity index (χ2n) is 4.31. The van der Waals surface area contributed by atoms with E-state index in [1.807, 2.05) is 0 Å². The molecule has 9 heteroatoms. The lowest BCUT2D eigenvalue weighted by molar-refractivity contribution is 0.0948. The van der Waals surface area contributed by atoms with E-state index in [0.717, 1.165) is 0 Å². The van der Waals surface area contributed by atoms with Gasteiger partial charge >= 0.3 is 0 Å². The Kier molecular flexibility index (Phi) is 4.08. The highest BCUT2D eigenvalue weighted by atomic mass is 35.5. The van der Waals surface area contributed by atoms with Gasteiger partial charge in [-0.1, -0.05) is 11.6 Å². The third kappa shape index (κ3) is 3.10. The summed E-state index contributed by atoms with van der Waals surface area (Å²) in [5, 5.41) is 14.1. The summed E-state index contributed by atoms with van der Waals surface area (Å²) in [4.78, 5) is 12.1. The molecule has 2 heterocycles. The van der Waals surface area contributed by atoms with E-state index in [-0.39, 0.29) is 17.7 Å². The molecule has 0 saturated carbocycles. The van der Waals surface area contributed by atoms with E-state index in [4.69, 9.17) is 27.6 Å². The first-order valence-corrected chi connectivity index (χ1v) is 6.94. The molecule has 3 rings (SSSR count). The fourth-order valence-electron chi connectivity index (χ4n) is 1.82. The average Bonchev–Trinajstić information content (AvgIpc) is 3.16. The number of carbonyl (C=O) groups is 1. The predicted octanol–water partition coefficient (Wildman–Crippen LogP) is 2.49. The van der Waals surface area contributed by atoms with Crippen molar-refractivity contribution in [2.24, 2.45) is 0 Å². The van der Waals surface area contributed by atoms with Gasteiger partial charge in [-0.15, -0.1) is 5.10 Å². The summed E-state index contributed by atoms with van der Waals surface area (Å²) >= 11 is 11.8. The molecule has 2 aromatic heterocycles. The lowest BCUT2D eigenvalue weighted by Crippen LogP contribution is -2.22. The Labute approximate surface area is 134 Å². The van der Waals surface area contributed by atoms with Gasteiger partial charge in [-0.3, -0.25) is 4.79 Å². The van der Waals surface area contributed by atoms with E-state index in [0.29, 0.717) is 22.0 Å². The third-order valence-electron chi connectivity index (χ3n) is 2.86. The van der Waals surface area contributed by atoms with Gasteiger partial charge in [0.2, 0.25) is 0 Å². The number of halogens is 2. The SMILES string of the molecule is O=C(NCc1ccc(Cl)o1)c1ccc(-n2cnnn2)cc1Cl. The van der Waals surface area contributed by atoms with E-state index in [1.54, 1.807) is 30.3 Å². The maximum Gasteiger partial charge on any atom is 0.253 e. The topological polar surface area (TPSA) is 85.8 Å². The Balaban J connectivity index is 1.72. The minimum absolute atomic E-state index is 0.219. The van der Waals surface area contributed by atoms with E-state index >= 15 is 0 Å². The second-order valence-corrected chi connectivity index (χ2v) is 5.09. The summed E-state index contributed by atoms with van der Waals surface area (Å²) in [6.45, 7) is 0.219. The number of benzene rings is 1. The van der Waals surface area contributed by atoms with Crippen LogP contribution in [0.3, 0.4) is 0 Å². The molecule has 0 radical (unpaired) electrons. The Bertz CT molecular complexity index is 801. The number of amides is 1. The molecule has 7 nitrogen and oxygen atoms in total. The maximum absolute atomic E-state index is 12.1. The molecular formula is C13H9Cl2N5O2. The monoisotopic (exact) mass is 337 g/mol. The molecule has 0 aliphatic rings. The lowest BCUT2D eigenvalue weighted by Gasteiger charge is -2.07. The molecular weight excluding hydrogens is 329 g/mol. The quantitative estimate of drug-likeness (QED) is 0.790. The summed E-state index contributed by atoms with van der Waals surface area (Å²) in [7, 11) is 0. The lowest BCUT2D eigenvalue weighted by atomic mass is 10.2. The molecule has 112 valence electrons. The van der Waals surface area contributed by atoms with Crippen molar-refractivity contribution in [3.05, 3.63) is 58.2 Å². The number of nitrogens with zero attached hydrogens (tertiary/aromatic N) is 4. The van der Waals surface area contributed by atoms with Gasteiger partial charge in [0.25, 0.3) is 5.91 Å². The van der Waals surface area contributed by atoms with Gasteiger partial charge < -0.3 is 9.73 Å². The molecule has 22 heavy (non-hydrogen) atoms. The minimum atomic E-state index is -0.319. The summed E-state index contributed by atoms with van der Waals surface area (Å²) in [6, 6.07) is 8.20. The first kappa shape index (κ1) is 14.6. The first-order valence-electron chi connectivity index (χ1n) is 6.19. The maximum atomic E-state index is 12.1. The number of rotatable bonds is 4. The fraction of sp³-hybridized carbons (Fsp3) is 0.0769. The van der Waals surface area contributed by atoms with E-state index in [9.17, 15) is 4.79 Å². The number of tetrazole rings is 1. The van der Waals surface area contributed by atoms with Crippen LogP contribution in [0, 0.1) is 0 Å². The third-order valence-corrected chi connectivity index (χ3v) is 3.38. The van der Waals surface area contributed by atoms with Crippen LogP contribution in [0.2, 0.25) is 10.2 Å². The number of nitrogens with one attached hydrogen (secondary N) is 1. The van der Waals surface area contributed by atoms with Gasteiger partial charge in [-0.2, -0.15) is 0 Å². The van der Waals surface area contributed by atoms with Crippen LogP contribution in [-0.4, -0.2) is 26.1 Å². The molecule has 0 fully saturated rings. The normalized spacial score (nSPS) is 10.6. The van der Waals surface area contributed by atoms with Gasteiger partial charge in [0, 0.05) is 0 Å². The number of hydrogen-bond donors (Lipinski definition) is 1. The number of hydrogen-bond acceptors (Lipinski definition) is 5. The minimum Gasteiger partial charge on any atom is -0.448 e. The van der Waals surface area contributed by atoms with Crippen molar-refractivity contribution in [1.82, 2.24) is 25.5 Å². The zero-order chi connectivity index (χ0) is 15.5.